The number of methoxy groups -OCH3 is 1. The predicted molar refractivity (Wildman–Crippen MR) is 134 cm³/mol. The van der Waals surface area contributed by atoms with E-state index in [1.807, 2.05) is 12.0 Å². The van der Waals surface area contributed by atoms with Gasteiger partial charge in [-0.1, -0.05) is 12.8 Å². The Bertz CT molecular complexity index is 816. The van der Waals surface area contributed by atoms with Gasteiger partial charge in [0.25, 0.3) is 0 Å². The van der Waals surface area contributed by atoms with Crippen LogP contribution in [0.15, 0.2) is 0 Å². The fraction of sp³-hybridized carbons (Fsp3) is 0.880. The molecule has 1 saturated carbocycles. The van der Waals surface area contributed by atoms with Gasteiger partial charge in [0.05, 0.1) is 12.0 Å². The number of fused-ring (bicyclic) bond motifs is 1. The second-order valence-corrected chi connectivity index (χ2v) is 12.5. The maximum Gasteiger partial charge on any atom is 0.245 e. The van der Waals surface area contributed by atoms with Crippen LogP contribution in [0.25, 0.3) is 0 Å². The third-order valence-corrected chi connectivity index (χ3v) is 10.4. The normalized spacial score (nSPS) is 41.3. The smallest absolute Gasteiger partial charge is 0.245 e. The molecule has 10 heteroatoms. The summed E-state index contributed by atoms with van der Waals surface area (Å²) in [7, 11) is 1.82. The van der Waals surface area contributed by atoms with Gasteiger partial charge >= 0.3 is 0 Å². The van der Waals surface area contributed by atoms with Gasteiger partial charge in [-0.2, -0.15) is 0 Å². The second kappa shape index (κ2) is 10.6. The monoisotopic (exact) mass is 507 g/mol. The lowest BCUT2D eigenvalue weighted by Gasteiger charge is -2.44. The van der Waals surface area contributed by atoms with Crippen molar-refractivity contribution in [3.63, 3.8) is 0 Å². The molecule has 4 saturated heterocycles. The van der Waals surface area contributed by atoms with Crippen LogP contribution in [0.5, 0.6) is 0 Å². The van der Waals surface area contributed by atoms with Crippen molar-refractivity contribution in [2.45, 2.75) is 87.3 Å². The van der Waals surface area contributed by atoms with Gasteiger partial charge in [-0.05, 0) is 44.4 Å². The third kappa shape index (κ3) is 5.08. The Kier molecular flexibility index (Phi) is 7.63. The van der Waals surface area contributed by atoms with E-state index in [2.05, 4.69) is 22.9 Å². The van der Waals surface area contributed by atoms with E-state index in [1.54, 1.807) is 16.7 Å². The minimum absolute atomic E-state index is 0.0285. The molecule has 4 heterocycles. The summed E-state index contributed by atoms with van der Waals surface area (Å²) in [5, 5.41) is 10.6. The topological polar surface area (TPSA) is 103 Å². The van der Waals surface area contributed by atoms with Crippen LogP contribution in [-0.2, 0) is 19.1 Å². The maximum atomic E-state index is 13.5. The highest BCUT2D eigenvalue weighted by Gasteiger charge is 2.48. The standard InChI is InChI=1S/C25H41N5O4S/c1-14-10-17(16-6-4-5-7-21(16)34-3)18(11-26-14)23(32)28-25-27-19-12-29(13-22(19)35-25)24(33)20-8-9-30(20)15(2)31/h14,16-22,25-27H,4-13H2,1-3H3,(H,28,32). The molecule has 0 bridgehead atoms. The van der Waals surface area contributed by atoms with E-state index in [1.165, 1.54) is 19.8 Å². The molecule has 3 N–H and O–H groups in total. The average Bonchev–Trinajstić information content (AvgIpc) is 3.36. The SMILES string of the molecule is COC1CCCCC1C1CC(C)NCC1C(=O)NC1NC2CN(C(=O)C3CCN3C(C)=O)CC2S1. The Morgan fingerprint density at radius 1 is 1.09 bits per heavy atom. The summed E-state index contributed by atoms with van der Waals surface area (Å²) in [6.07, 6.45) is 6.69. The Hall–Kier alpha value is -1.36. The summed E-state index contributed by atoms with van der Waals surface area (Å²) in [6.45, 7) is 6.43. The maximum absolute atomic E-state index is 13.5. The molecule has 196 valence electrons. The number of rotatable bonds is 5. The first kappa shape index (κ1) is 25.3. The number of hydrogen-bond acceptors (Lipinski definition) is 7. The van der Waals surface area contributed by atoms with Crippen molar-refractivity contribution in [1.82, 2.24) is 25.8 Å². The Labute approximate surface area is 212 Å². The van der Waals surface area contributed by atoms with Crippen LogP contribution in [0.1, 0.15) is 52.4 Å². The molecule has 0 aromatic rings. The number of hydrogen-bond donors (Lipinski definition) is 3. The van der Waals surface area contributed by atoms with E-state index in [0.717, 1.165) is 25.7 Å². The number of carbonyl (C=O) groups is 3. The molecule has 0 aromatic carbocycles. The molecule has 9 atom stereocenters. The molecule has 0 radical (unpaired) electrons. The van der Waals surface area contributed by atoms with Crippen molar-refractivity contribution >= 4 is 29.5 Å². The molecular formula is C25H41N5O4S. The number of amides is 3. The lowest BCUT2D eigenvalue weighted by atomic mass is 9.68. The molecule has 35 heavy (non-hydrogen) atoms. The average molecular weight is 508 g/mol. The molecule has 1 aliphatic carbocycles. The van der Waals surface area contributed by atoms with Crippen LogP contribution in [-0.4, -0.2) is 95.8 Å². The van der Waals surface area contributed by atoms with E-state index in [-0.39, 0.29) is 52.6 Å². The molecule has 0 aromatic heterocycles. The van der Waals surface area contributed by atoms with E-state index in [0.29, 0.717) is 44.1 Å². The van der Waals surface area contributed by atoms with E-state index in [4.69, 9.17) is 4.74 Å². The fourth-order valence-electron chi connectivity index (χ4n) is 7.01. The van der Waals surface area contributed by atoms with Crippen molar-refractivity contribution in [1.29, 1.82) is 0 Å². The summed E-state index contributed by atoms with van der Waals surface area (Å²) >= 11 is 1.72. The molecule has 9 unspecified atom stereocenters. The molecular weight excluding hydrogens is 466 g/mol. The number of carbonyl (C=O) groups excluding carboxylic acids is 3. The summed E-state index contributed by atoms with van der Waals surface area (Å²) in [4.78, 5) is 41.6. The summed E-state index contributed by atoms with van der Waals surface area (Å²) in [5.41, 5.74) is -0.128. The largest absolute Gasteiger partial charge is 0.381 e. The van der Waals surface area contributed by atoms with Crippen molar-refractivity contribution in [3.8, 4) is 0 Å². The van der Waals surface area contributed by atoms with Gasteiger partial charge in [0.1, 0.15) is 11.5 Å². The van der Waals surface area contributed by atoms with Crippen molar-refractivity contribution in [2.24, 2.45) is 17.8 Å². The first-order chi connectivity index (χ1) is 16.9. The van der Waals surface area contributed by atoms with Crippen molar-refractivity contribution in [2.75, 3.05) is 33.3 Å². The second-order valence-electron chi connectivity index (χ2n) is 11.1. The van der Waals surface area contributed by atoms with Crippen LogP contribution >= 0.6 is 11.8 Å². The Morgan fingerprint density at radius 3 is 2.57 bits per heavy atom. The summed E-state index contributed by atoms with van der Waals surface area (Å²) in [6, 6.07) is 0.289. The number of likely N-dealkylation sites (tertiary alicyclic amines) is 2. The van der Waals surface area contributed by atoms with Crippen LogP contribution < -0.4 is 16.0 Å². The van der Waals surface area contributed by atoms with Crippen LogP contribution in [0, 0.1) is 17.8 Å². The molecule has 3 amide bonds. The molecule has 5 rings (SSSR count). The van der Waals surface area contributed by atoms with Crippen LogP contribution in [0.4, 0.5) is 0 Å². The number of ether oxygens (including phenoxy) is 1. The van der Waals surface area contributed by atoms with Crippen LogP contribution in [0.2, 0.25) is 0 Å². The van der Waals surface area contributed by atoms with Gasteiger partial charge in [0, 0.05) is 57.5 Å². The molecule has 4 aliphatic heterocycles. The molecule has 9 nitrogen and oxygen atoms in total. The lowest BCUT2D eigenvalue weighted by Crippen LogP contribution is -2.58. The van der Waals surface area contributed by atoms with Gasteiger partial charge in [-0.3, -0.25) is 19.7 Å². The Morgan fingerprint density at radius 2 is 1.89 bits per heavy atom. The zero-order chi connectivity index (χ0) is 24.7. The molecule has 5 fully saturated rings. The van der Waals surface area contributed by atoms with Crippen LogP contribution in [0.3, 0.4) is 0 Å². The van der Waals surface area contributed by atoms with Crippen molar-refractivity contribution in [3.05, 3.63) is 0 Å². The summed E-state index contributed by atoms with van der Waals surface area (Å²) < 4.78 is 5.86. The fourth-order valence-corrected chi connectivity index (χ4v) is 8.42. The molecule has 5 aliphatic rings. The zero-order valence-electron chi connectivity index (χ0n) is 21.2. The molecule has 0 spiro atoms. The highest BCUT2D eigenvalue weighted by molar-refractivity contribution is 8.00. The lowest BCUT2D eigenvalue weighted by molar-refractivity contribution is -0.151. The van der Waals surface area contributed by atoms with Gasteiger partial charge in [-0.25, -0.2) is 0 Å². The number of nitrogens with one attached hydrogen (secondary N) is 3. The van der Waals surface area contributed by atoms with E-state index >= 15 is 0 Å². The van der Waals surface area contributed by atoms with Gasteiger partial charge in [-0.15, -0.1) is 11.8 Å². The first-order valence-corrected chi connectivity index (χ1v) is 14.3. The van der Waals surface area contributed by atoms with Gasteiger partial charge in [0.2, 0.25) is 17.7 Å². The number of piperidine rings is 1. The zero-order valence-corrected chi connectivity index (χ0v) is 22.0. The highest BCUT2D eigenvalue weighted by Crippen LogP contribution is 2.40. The Balaban J connectivity index is 1.15. The number of thioether (sulfide) groups is 1. The van der Waals surface area contributed by atoms with E-state index < -0.39 is 0 Å². The van der Waals surface area contributed by atoms with Gasteiger partial charge in [0.15, 0.2) is 0 Å². The minimum Gasteiger partial charge on any atom is -0.381 e. The quantitative estimate of drug-likeness (QED) is 0.504. The predicted octanol–water partition coefficient (Wildman–Crippen LogP) is 0.742. The first-order valence-electron chi connectivity index (χ1n) is 13.4. The third-order valence-electron chi connectivity index (χ3n) is 9.01. The minimum atomic E-state index is -0.291. The number of nitrogens with zero attached hydrogens (tertiary/aromatic N) is 2. The van der Waals surface area contributed by atoms with E-state index in [9.17, 15) is 14.4 Å². The van der Waals surface area contributed by atoms with Crippen molar-refractivity contribution < 1.29 is 19.1 Å². The highest BCUT2D eigenvalue weighted by atomic mass is 32.2. The van der Waals surface area contributed by atoms with Gasteiger partial charge < -0.3 is 25.2 Å². The summed E-state index contributed by atoms with van der Waals surface area (Å²) in [5.74, 6) is 0.886.